The fraction of sp³-hybridized carbons (Fsp3) is 0.455. The summed E-state index contributed by atoms with van der Waals surface area (Å²) < 4.78 is 1.68. The first-order chi connectivity index (χ1) is 8.19. The molecule has 2 N–H and O–H groups in total. The van der Waals surface area contributed by atoms with E-state index in [4.69, 9.17) is 0 Å². The van der Waals surface area contributed by atoms with Gasteiger partial charge >= 0.3 is 0 Å². The Balaban J connectivity index is 2.49. The van der Waals surface area contributed by atoms with Crippen LogP contribution >= 0.6 is 43.2 Å². The number of carbonyl (C=O) groups excluding carboxylic acids is 2. The summed E-state index contributed by atoms with van der Waals surface area (Å²) in [6.45, 7) is 5.64. The van der Waals surface area contributed by atoms with Crippen LogP contribution in [-0.4, -0.2) is 23.9 Å². The zero-order valence-electron chi connectivity index (χ0n) is 10.3. The summed E-state index contributed by atoms with van der Waals surface area (Å²) in [5, 5.41) is 5.35. The normalized spacial score (nSPS) is 11.2. The van der Waals surface area contributed by atoms with Crippen molar-refractivity contribution in [1.82, 2.24) is 10.6 Å². The van der Waals surface area contributed by atoms with E-state index in [1.807, 2.05) is 20.8 Å². The minimum absolute atomic E-state index is 0.0246. The van der Waals surface area contributed by atoms with Gasteiger partial charge in [0, 0.05) is 10.0 Å². The molecule has 0 aromatic carbocycles. The highest BCUT2D eigenvalue weighted by Crippen LogP contribution is 2.32. The first-order valence-electron chi connectivity index (χ1n) is 5.23. The summed E-state index contributed by atoms with van der Waals surface area (Å²) in [6, 6.07) is 1.71. The van der Waals surface area contributed by atoms with Crippen molar-refractivity contribution in [3.63, 3.8) is 0 Å². The molecular formula is C11H14Br2N2O2S. The highest BCUT2D eigenvalue weighted by atomic mass is 79.9. The predicted octanol–water partition coefficient (Wildman–Crippen LogP) is 2.92. The molecule has 0 spiro atoms. The molecule has 0 aliphatic carbocycles. The fourth-order valence-electron chi connectivity index (χ4n) is 1.17. The van der Waals surface area contributed by atoms with E-state index in [2.05, 4.69) is 42.5 Å². The maximum Gasteiger partial charge on any atom is 0.261 e. The van der Waals surface area contributed by atoms with Crippen LogP contribution in [0.1, 0.15) is 30.4 Å². The van der Waals surface area contributed by atoms with Gasteiger partial charge in [0.25, 0.3) is 5.91 Å². The van der Waals surface area contributed by atoms with E-state index in [0.29, 0.717) is 4.88 Å². The van der Waals surface area contributed by atoms with E-state index in [0.717, 1.165) is 8.26 Å². The second kappa shape index (κ2) is 6.16. The topological polar surface area (TPSA) is 58.2 Å². The van der Waals surface area contributed by atoms with Crippen molar-refractivity contribution in [2.24, 2.45) is 0 Å². The van der Waals surface area contributed by atoms with Crippen molar-refractivity contribution in [1.29, 1.82) is 0 Å². The number of hydrogen-bond donors (Lipinski definition) is 2. The Bertz CT molecular complexity index is 447. The molecular weight excluding hydrogens is 384 g/mol. The third-order valence-electron chi connectivity index (χ3n) is 1.79. The molecule has 0 unspecified atom stereocenters. The van der Waals surface area contributed by atoms with E-state index in [1.54, 1.807) is 6.07 Å². The number of carbonyl (C=O) groups is 2. The molecule has 0 saturated carbocycles. The Hall–Kier alpha value is -0.400. The van der Waals surface area contributed by atoms with Crippen molar-refractivity contribution >= 4 is 55.0 Å². The van der Waals surface area contributed by atoms with Gasteiger partial charge in [-0.15, -0.1) is 11.3 Å². The number of halogens is 2. The molecule has 1 aromatic heterocycles. The predicted molar refractivity (Wildman–Crippen MR) is 79.9 cm³/mol. The standard InChI is InChI=1S/C11H14Br2N2O2S/c1-11(2,3)15-8(16)5-14-10(17)7-4-6(12)9(13)18-7/h4H,5H2,1-3H3,(H,14,17)(H,15,16). The average molecular weight is 398 g/mol. The Morgan fingerprint density at radius 2 is 1.94 bits per heavy atom. The molecule has 2 amide bonds. The van der Waals surface area contributed by atoms with E-state index >= 15 is 0 Å². The summed E-state index contributed by atoms with van der Waals surface area (Å²) in [7, 11) is 0. The molecule has 0 aliphatic heterocycles. The van der Waals surface area contributed by atoms with Gasteiger partial charge in [0.15, 0.2) is 0 Å². The Labute approximate surface area is 127 Å². The van der Waals surface area contributed by atoms with Gasteiger partial charge in [0.1, 0.15) is 0 Å². The lowest BCUT2D eigenvalue weighted by Gasteiger charge is -2.20. The molecule has 0 atom stereocenters. The summed E-state index contributed by atoms with van der Waals surface area (Å²) in [4.78, 5) is 23.8. The number of rotatable bonds is 3. The molecule has 18 heavy (non-hydrogen) atoms. The highest BCUT2D eigenvalue weighted by molar-refractivity contribution is 9.13. The van der Waals surface area contributed by atoms with E-state index in [9.17, 15) is 9.59 Å². The van der Waals surface area contributed by atoms with Crippen LogP contribution in [0.3, 0.4) is 0 Å². The van der Waals surface area contributed by atoms with Gasteiger partial charge in [-0.25, -0.2) is 0 Å². The largest absolute Gasteiger partial charge is 0.350 e. The minimum Gasteiger partial charge on any atom is -0.350 e. The molecule has 0 bridgehead atoms. The summed E-state index contributed by atoms with van der Waals surface area (Å²) in [5.74, 6) is -0.457. The molecule has 0 aliphatic rings. The van der Waals surface area contributed by atoms with Crippen LogP contribution in [0.25, 0.3) is 0 Å². The Kier molecular flexibility index (Phi) is 5.36. The van der Waals surface area contributed by atoms with Gasteiger partial charge in [-0.3, -0.25) is 9.59 Å². The maximum absolute atomic E-state index is 11.8. The molecule has 1 rings (SSSR count). The van der Waals surface area contributed by atoms with E-state index in [-0.39, 0.29) is 23.9 Å². The van der Waals surface area contributed by atoms with Gasteiger partial charge in [-0.2, -0.15) is 0 Å². The number of hydrogen-bond acceptors (Lipinski definition) is 3. The number of thiophene rings is 1. The van der Waals surface area contributed by atoms with Crippen molar-refractivity contribution < 1.29 is 9.59 Å². The zero-order valence-corrected chi connectivity index (χ0v) is 14.3. The van der Waals surface area contributed by atoms with Crippen LogP contribution in [0, 0.1) is 0 Å². The van der Waals surface area contributed by atoms with Gasteiger partial charge in [-0.05, 0) is 58.7 Å². The first kappa shape index (κ1) is 15.7. The second-order valence-electron chi connectivity index (χ2n) is 4.71. The monoisotopic (exact) mass is 396 g/mol. The van der Waals surface area contributed by atoms with Gasteiger partial charge in [0.05, 0.1) is 15.2 Å². The third-order valence-corrected chi connectivity index (χ3v) is 5.05. The van der Waals surface area contributed by atoms with E-state index < -0.39 is 0 Å². The van der Waals surface area contributed by atoms with Gasteiger partial charge in [-0.1, -0.05) is 0 Å². The molecule has 4 nitrogen and oxygen atoms in total. The lowest BCUT2D eigenvalue weighted by Crippen LogP contribution is -2.45. The maximum atomic E-state index is 11.8. The molecule has 1 heterocycles. The zero-order chi connectivity index (χ0) is 13.9. The van der Waals surface area contributed by atoms with Gasteiger partial charge < -0.3 is 10.6 Å². The summed E-state index contributed by atoms with van der Waals surface area (Å²) >= 11 is 7.94. The van der Waals surface area contributed by atoms with E-state index in [1.165, 1.54) is 11.3 Å². The Morgan fingerprint density at radius 1 is 1.33 bits per heavy atom. The first-order valence-corrected chi connectivity index (χ1v) is 7.63. The quantitative estimate of drug-likeness (QED) is 0.823. The van der Waals surface area contributed by atoms with Crippen LogP contribution in [0.2, 0.25) is 0 Å². The van der Waals surface area contributed by atoms with Crippen molar-refractivity contribution in [2.45, 2.75) is 26.3 Å². The summed E-state index contributed by atoms with van der Waals surface area (Å²) in [5.41, 5.74) is -0.295. The van der Waals surface area contributed by atoms with Crippen LogP contribution in [-0.2, 0) is 4.79 Å². The molecule has 100 valence electrons. The fourth-order valence-corrected chi connectivity index (χ4v) is 3.12. The lowest BCUT2D eigenvalue weighted by molar-refractivity contribution is -0.121. The van der Waals surface area contributed by atoms with Crippen molar-refractivity contribution in [3.05, 3.63) is 19.2 Å². The molecule has 0 fully saturated rings. The molecule has 7 heteroatoms. The SMILES string of the molecule is CC(C)(C)NC(=O)CNC(=O)c1cc(Br)c(Br)s1. The van der Waals surface area contributed by atoms with Crippen LogP contribution < -0.4 is 10.6 Å². The van der Waals surface area contributed by atoms with Crippen LogP contribution in [0.15, 0.2) is 14.3 Å². The third kappa shape index (κ3) is 5.07. The number of amides is 2. The smallest absolute Gasteiger partial charge is 0.261 e. The Morgan fingerprint density at radius 3 is 2.39 bits per heavy atom. The van der Waals surface area contributed by atoms with Crippen LogP contribution in [0.5, 0.6) is 0 Å². The van der Waals surface area contributed by atoms with Crippen molar-refractivity contribution in [3.8, 4) is 0 Å². The molecule has 0 saturated heterocycles. The van der Waals surface area contributed by atoms with Crippen molar-refractivity contribution in [2.75, 3.05) is 6.54 Å². The van der Waals surface area contributed by atoms with Gasteiger partial charge in [0.2, 0.25) is 5.91 Å². The lowest BCUT2D eigenvalue weighted by atomic mass is 10.1. The second-order valence-corrected chi connectivity index (χ2v) is 7.94. The summed E-state index contributed by atoms with van der Waals surface area (Å²) in [6.07, 6.45) is 0. The minimum atomic E-state index is -0.295. The molecule has 0 radical (unpaired) electrons. The average Bonchev–Trinajstić information content (AvgIpc) is 2.53. The highest BCUT2D eigenvalue weighted by Gasteiger charge is 2.16. The van der Waals surface area contributed by atoms with Crippen LogP contribution in [0.4, 0.5) is 0 Å². The molecule has 1 aromatic rings. The number of nitrogens with one attached hydrogen (secondary N) is 2.